The molecule has 23 heavy (non-hydrogen) atoms. The molecule has 118 valence electrons. The number of aryl methyl sites for hydroxylation is 1. The van der Waals surface area contributed by atoms with E-state index in [1.807, 2.05) is 31.2 Å². The Kier molecular flexibility index (Phi) is 4.62. The molecule has 1 atom stereocenters. The summed E-state index contributed by atoms with van der Waals surface area (Å²) in [7, 11) is -1.24. The van der Waals surface area contributed by atoms with Crippen molar-refractivity contribution in [1.29, 1.82) is 0 Å². The Balaban J connectivity index is 1.69. The summed E-state index contributed by atoms with van der Waals surface area (Å²) in [6.07, 6.45) is 0. The van der Waals surface area contributed by atoms with Crippen LogP contribution in [0.3, 0.4) is 0 Å². The second-order valence-corrected chi connectivity index (χ2v) is 6.64. The molecule has 0 aliphatic heterocycles. The van der Waals surface area contributed by atoms with Crippen molar-refractivity contribution < 1.29 is 13.1 Å². The zero-order chi connectivity index (χ0) is 16.2. The number of nitrogens with zero attached hydrogens (tertiary/aromatic N) is 2. The van der Waals surface area contributed by atoms with Gasteiger partial charge in [-0.05, 0) is 30.2 Å². The van der Waals surface area contributed by atoms with Gasteiger partial charge < -0.3 is 4.52 Å². The van der Waals surface area contributed by atoms with Gasteiger partial charge in [0.05, 0.1) is 0 Å². The highest BCUT2D eigenvalue weighted by Gasteiger charge is 2.13. The summed E-state index contributed by atoms with van der Waals surface area (Å²) < 4.78 is 30.5. The van der Waals surface area contributed by atoms with Crippen LogP contribution in [0.2, 0.25) is 0 Å². The van der Waals surface area contributed by atoms with E-state index in [1.54, 1.807) is 12.1 Å². The summed E-state index contributed by atoms with van der Waals surface area (Å²) in [4.78, 5) is 4.30. The van der Waals surface area contributed by atoms with E-state index in [0.717, 1.165) is 11.1 Å². The molecule has 0 spiro atoms. The summed E-state index contributed by atoms with van der Waals surface area (Å²) in [5.41, 5.74) is 2.61. The Morgan fingerprint density at radius 3 is 2.74 bits per heavy atom. The van der Waals surface area contributed by atoms with Gasteiger partial charge >= 0.3 is 0 Å². The second kappa shape index (κ2) is 6.83. The number of aromatic nitrogens is 2. The van der Waals surface area contributed by atoms with Crippen molar-refractivity contribution in [2.24, 2.45) is 0 Å². The van der Waals surface area contributed by atoms with Gasteiger partial charge in [-0.1, -0.05) is 41.6 Å². The molecule has 4 nitrogen and oxygen atoms in total. The number of hydrogen-bond donors (Lipinski definition) is 0. The van der Waals surface area contributed by atoms with E-state index in [1.165, 1.54) is 12.1 Å². The van der Waals surface area contributed by atoms with E-state index in [-0.39, 0.29) is 17.3 Å². The minimum absolute atomic E-state index is 0.148. The van der Waals surface area contributed by atoms with Gasteiger partial charge in [0, 0.05) is 22.1 Å². The molecule has 0 N–H and O–H groups in total. The molecule has 0 bridgehead atoms. The molecule has 0 aliphatic carbocycles. The SMILES string of the molecule is Cc1ccccc1-c1noc(CS(=O)Cc2cccc(F)c2)n1. The van der Waals surface area contributed by atoms with E-state index in [0.29, 0.717) is 17.3 Å². The van der Waals surface area contributed by atoms with Crippen molar-refractivity contribution >= 4 is 10.8 Å². The van der Waals surface area contributed by atoms with Gasteiger partial charge in [0.1, 0.15) is 11.6 Å². The third-order valence-electron chi connectivity index (χ3n) is 3.36. The van der Waals surface area contributed by atoms with E-state index < -0.39 is 10.8 Å². The molecule has 2 aromatic carbocycles. The fourth-order valence-corrected chi connectivity index (χ4v) is 3.29. The fourth-order valence-electron chi connectivity index (χ4n) is 2.25. The molecule has 1 heterocycles. The molecule has 0 saturated carbocycles. The van der Waals surface area contributed by atoms with Gasteiger partial charge in [-0.3, -0.25) is 4.21 Å². The Hall–Kier alpha value is -2.34. The van der Waals surface area contributed by atoms with Gasteiger partial charge in [-0.25, -0.2) is 4.39 Å². The van der Waals surface area contributed by atoms with Crippen LogP contribution in [0.1, 0.15) is 17.0 Å². The van der Waals surface area contributed by atoms with Crippen LogP contribution in [-0.4, -0.2) is 14.3 Å². The molecule has 0 aliphatic rings. The molecular formula is C17H15FN2O2S. The lowest BCUT2D eigenvalue weighted by Gasteiger charge is -2.00. The Bertz CT molecular complexity index is 848. The predicted octanol–water partition coefficient (Wildman–Crippen LogP) is 3.63. The van der Waals surface area contributed by atoms with E-state index in [9.17, 15) is 8.60 Å². The molecule has 0 amide bonds. The summed E-state index contributed by atoms with van der Waals surface area (Å²) in [6, 6.07) is 13.8. The first-order valence-corrected chi connectivity index (χ1v) is 8.58. The number of halogens is 1. The van der Waals surface area contributed by atoms with Crippen molar-refractivity contribution in [1.82, 2.24) is 10.1 Å². The largest absolute Gasteiger partial charge is 0.338 e. The van der Waals surface area contributed by atoms with Crippen LogP contribution in [-0.2, 0) is 22.3 Å². The van der Waals surface area contributed by atoms with E-state index in [4.69, 9.17) is 4.52 Å². The van der Waals surface area contributed by atoms with Crippen LogP contribution in [0.4, 0.5) is 4.39 Å². The third kappa shape index (κ3) is 3.90. The minimum Gasteiger partial charge on any atom is -0.338 e. The Morgan fingerprint density at radius 2 is 1.96 bits per heavy atom. The lowest BCUT2D eigenvalue weighted by Crippen LogP contribution is -2.00. The van der Waals surface area contributed by atoms with E-state index in [2.05, 4.69) is 10.1 Å². The molecule has 6 heteroatoms. The first kappa shape index (κ1) is 15.6. The molecule has 3 rings (SSSR count). The Labute approximate surface area is 135 Å². The van der Waals surface area contributed by atoms with Crippen LogP contribution in [0.15, 0.2) is 53.1 Å². The highest BCUT2D eigenvalue weighted by molar-refractivity contribution is 7.83. The van der Waals surface area contributed by atoms with Gasteiger partial charge in [0.25, 0.3) is 0 Å². The molecule has 1 aromatic heterocycles. The van der Waals surface area contributed by atoms with Gasteiger partial charge in [-0.2, -0.15) is 4.98 Å². The van der Waals surface area contributed by atoms with Gasteiger partial charge in [0.2, 0.25) is 11.7 Å². The number of hydrogen-bond acceptors (Lipinski definition) is 4. The number of benzene rings is 2. The van der Waals surface area contributed by atoms with Gasteiger partial charge in [0.15, 0.2) is 0 Å². The maximum absolute atomic E-state index is 13.1. The monoisotopic (exact) mass is 330 g/mol. The number of rotatable bonds is 5. The van der Waals surface area contributed by atoms with Crippen molar-refractivity contribution in [2.75, 3.05) is 0 Å². The summed E-state index contributed by atoms with van der Waals surface area (Å²) in [6.45, 7) is 1.97. The normalized spacial score (nSPS) is 12.3. The zero-order valence-electron chi connectivity index (χ0n) is 12.5. The van der Waals surface area contributed by atoms with Crippen molar-refractivity contribution in [2.45, 2.75) is 18.4 Å². The van der Waals surface area contributed by atoms with Crippen LogP contribution >= 0.6 is 0 Å². The van der Waals surface area contributed by atoms with Crippen LogP contribution in [0.25, 0.3) is 11.4 Å². The summed E-state index contributed by atoms with van der Waals surface area (Å²) in [5, 5.41) is 3.94. The molecule has 3 aromatic rings. The average molecular weight is 330 g/mol. The molecule has 0 fully saturated rings. The molecule has 0 radical (unpaired) electrons. The maximum Gasteiger partial charge on any atom is 0.239 e. The van der Waals surface area contributed by atoms with Crippen LogP contribution in [0.5, 0.6) is 0 Å². The molecular weight excluding hydrogens is 315 g/mol. The van der Waals surface area contributed by atoms with Crippen LogP contribution in [0, 0.1) is 12.7 Å². The third-order valence-corrected chi connectivity index (χ3v) is 4.58. The first-order valence-electron chi connectivity index (χ1n) is 7.10. The highest BCUT2D eigenvalue weighted by atomic mass is 32.2. The minimum atomic E-state index is -1.24. The quantitative estimate of drug-likeness (QED) is 0.717. The van der Waals surface area contributed by atoms with Crippen molar-refractivity contribution in [3.63, 3.8) is 0 Å². The molecule has 1 unspecified atom stereocenters. The predicted molar refractivity (Wildman–Crippen MR) is 86.4 cm³/mol. The lowest BCUT2D eigenvalue weighted by molar-refractivity contribution is 0.390. The topological polar surface area (TPSA) is 56.0 Å². The van der Waals surface area contributed by atoms with Crippen LogP contribution < -0.4 is 0 Å². The standard InChI is InChI=1S/C17H15FN2O2S/c1-12-5-2-3-8-15(12)17-19-16(22-20-17)11-23(21)10-13-6-4-7-14(18)9-13/h2-9H,10-11H2,1H3. The lowest BCUT2D eigenvalue weighted by atomic mass is 10.1. The first-order chi connectivity index (χ1) is 11.1. The highest BCUT2D eigenvalue weighted by Crippen LogP contribution is 2.20. The second-order valence-electron chi connectivity index (χ2n) is 5.19. The smallest absolute Gasteiger partial charge is 0.239 e. The summed E-state index contributed by atoms with van der Waals surface area (Å²) >= 11 is 0. The van der Waals surface area contributed by atoms with E-state index >= 15 is 0 Å². The molecule has 0 saturated heterocycles. The van der Waals surface area contributed by atoms with Gasteiger partial charge in [-0.15, -0.1) is 0 Å². The zero-order valence-corrected chi connectivity index (χ0v) is 13.3. The summed E-state index contributed by atoms with van der Waals surface area (Å²) in [5.74, 6) is 0.868. The maximum atomic E-state index is 13.1. The van der Waals surface area contributed by atoms with Crippen molar-refractivity contribution in [3.8, 4) is 11.4 Å². The Morgan fingerprint density at radius 1 is 1.13 bits per heavy atom. The fraction of sp³-hybridized carbons (Fsp3) is 0.176. The average Bonchev–Trinajstić information content (AvgIpc) is 2.95. The van der Waals surface area contributed by atoms with Crippen molar-refractivity contribution in [3.05, 3.63) is 71.4 Å².